The van der Waals surface area contributed by atoms with E-state index < -0.39 is 46.4 Å². The van der Waals surface area contributed by atoms with E-state index in [1.54, 1.807) is 0 Å². The number of halogens is 1. The number of benzene rings is 1. The van der Waals surface area contributed by atoms with Crippen LogP contribution in [-0.4, -0.2) is 42.3 Å². The maximum atomic E-state index is 13.5. The summed E-state index contributed by atoms with van der Waals surface area (Å²) in [4.78, 5) is 33.6. The molecule has 22 heavy (non-hydrogen) atoms. The van der Waals surface area contributed by atoms with Crippen molar-refractivity contribution in [1.29, 1.82) is 0 Å². The minimum atomic E-state index is -1.45. The van der Waals surface area contributed by atoms with Crippen LogP contribution in [0.2, 0.25) is 0 Å². The molecule has 0 bridgehead atoms. The lowest BCUT2D eigenvalue weighted by molar-refractivity contribution is -0.138. The first kappa shape index (κ1) is 17.0. The Labute approximate surface area is 123 Å². The second kappa shape index (κ2) is 7.07. The Morgan fingerprint density at radius 1 is 1.23 bits per heavy atom. The maximum Gasteiger partial charge on any atom is 0.354 e. The first-order chi connectivity index (χ1) is 10.3. The van der Waals surface area contributed by atoms with Crippen LogP contribution in [0, 0.1) is 5.82 Å². The highest BCUT2D eigenvalue weighted by Crippen LogP contribution is 2.29. The average Bonchev–Trinajstić information content (AvgIpc) is 2.49. The van der Waals surface area contributed by atoms with Crippen LogP contribution >= 0.6 is 0 Å². The van der Waals surface area contributed by atoms with Crippen LogP contribution in [0.1, 0.15) is 10.4 Å². The van der Waals surface area contributed by atoms with E-state index in [9.17, 15) is 23.9 Å². The molecule has 0 aliphatic rings. The van der Waals surface area contributed by atoms with Gasteiger partial charge in [0, 0.05) is 0 Å². The molecule has 0 saturated heterocycles. The SMILES string of the molecule is COC(=O)/C=C(/Nc1cc(C(=O)O)cc(F)c1O)C(=O)OC. The molecule has 1 aromatic carbocycles. The Balaban J connectivity index is 3.29. The summed E-state index contributed by atoms with van der Waals surface area (Å²) in [5.74, 6) is -5.51. The predicted molar refractivity (Wildman–Crippen MR) is 70.8 cm³/mol. The van der Waals surface area contributed by atoms with Crippen molar-refractivity contribution in [2.45, 2.75) is 0 Å². The number of phenolic OH excluding ortho intramolecular Hbond substituents is 1. The first-order valence-electron chi connectivity index (χ1n) is 5.71. The molecule has 0 aromatic heterocycles. The molecule has 0 amide bonds. The van der Waals surface area contributed by atoms with Crippen LogP contribution in [0.5, 0.6) is 5.75 Å². The molecular weight excluding hydrogens is 301 g/mol. The molecule has 8 nitrogen and oxygen atoms in total. The van der Waals surface area contributed by atoms with Crippen LogP contribution in [0.25, 0.3) is 0 Å². The van der Waals surface area contributed by atoms with Gasteiger partial charge in [0.25, 0.3) is 0 Å². The van der Waals surface area contributed by atoms with Crippen molar-refractivity contribution >= 4 is 23.6 Å². The fraction of sp³-hybridized carbons (Fsp3) is 0.154. The van der Waals surface area contributed by atoms with Gasteiger partial charge in [0.1, 0.15) is 5.70 Å². The largest absolute Gasteiger partial charge is 0.503 e. The highest BCUT2D eigenvalue weighted by atomic mass is 19.1. The van der Waals surface area contributed by atoms with Crippen molar-refractivity contribution in [1.82, 2.24) is 0 Å². The number of carboxylic acids is 1. The average molecular weight is 313 g/mol. The summed E-state index contributed by atoms with van der Waals surface area (Å²) in [6.45, 7) is 0. The van der Waals surface area contributed by atoms with Gasteiger partial charge < -0.3 is 25.0 Å². The quantitative estimate of drug-likeness (QED) is 0.416. The third kappa shape index (κ3) is 3.95. The predicted octanol–water partition coefficient (Wildman–Crippen LogP) is 0.871. The van der Waals surface area contributed by atoms with E-state index >= 15 is 0 Å². The van der Waals surface area contributed by atoms with Crippen molar-refractivity contribution in [3.63, 3.8) is 0 Å². The number of methoxy groups -OCH3 is 2. The van der Waals surface area contributed by atoms with Crippen LogP contribution in [0.3, 0.4) is 0 Å². The summed E-state index contributed by atoms with van der Waals surface area (Å²) >= 11 is 0. The zero-order valence-corrected chi connectivity index (χ0v) is 11.5. The van der Waals surface area contributed by atoms with E-state index in [0.29, 0.717) is 12.1 Å². The number of carbonyl (C=O) groups is 3. The van der Waals surface area contributed by atoms with Crippen molar-refractivity contribution in [3.05, 3.63) is 35.3 Å². The van der Waals surface area contributed by atoms with Gasteiger partial charge in [-0.1, -0.05) is 0 Å². The molecule has 0 heterocycles. The maximum absolute atomic E-state index is 13.5. The molecule has 0 fully saturated rings. The topological polar surface area (TPSA) is 122 Å². The smallest absolute Gasteiger partial charge is 0.354 e. The van der Waals surface area contributed by atoms with Crippen molar-refractivity contribution < 1.29 is 38.5 Å². The Bertz CT molecular complexity index is 654. The summed E-state index contributed by atoms with van der Waals surface area (Å²) in [5.41, 5.74) is -1.38. The summed E-state index contributed by atoms with van der Waals surface area (Å²) in [7, 11) is 2.10. The highest BCUT2D eigenvalue weighted by Gasteiger charge is 2.18. The monoisotopic (exact) mass is 313 g/mol. The van der Waals surface area contributed by atoms with Crippen LogP contribution in [-0.2, 0) is 19.1 Å². The summed E-state index contributed by atoms with van der Waals surface area (Å²) in [6, 6.07) is 1.49. The normalized spacial score (nSPS) is 10.8. The number of aromatic carboxylic acids is 1. The summed E-state index contributed by atoms with van der Waals surface area (Å²) in [6.07, 6.45) is 0.705. The van der Waals surface area contributed by atoms with Crippen molar-refractivity contribution in [2.24, 2.45) is 0 Å². The molecule has 0 atom stereocenters. The number of anilines is 1. The highest BCUT2D eigenvalue weighted by molar-refractivity contribution is 5.99. The molecular formula is C13H12FNO7. The molecule has 0 aliphatic carbocycles. The number of nitrogens with one attached hydrogen (secondary N) is 1. The molecule has 0 radical (unpaired) electrons. The fourth-order valence-electron chi connectivity index (χ4n) is 1.40. The lowest BCUT2D eigenvalue weighted by atomic mass is 10.1. The van der Waals surface area contributed by atoms with E-state index in [0.717, 1.165) is 20.3 Å². The molecule has 0 unspecified atom stereocenters. The Hall–Kier alpha value is -3.10. The molecule has 0 spiro atoms. The van der Waals surface area contributed by atoms with Crippen LogP contribution < -0.4 is 5.32 Å². The molecule has 3 N–H and O–H groups in total. The summed E-state index contributed by atoms with van der Waals surface area (Å²) in [5, 5.41) is 20.6. The van der Waals surface area contributed by atoms with Crippen LogP contribution in [0.4, 0.5) is 10.1 Å². The van der Waals surface area contributed by atoms with Crippen molar-refractivity contribution in [2.75, 3.05) is 19.5 Å². The van der Waals surface area contributed by atoms with E-state index in [1.165, 1.54) is 0 Å². The summed E-state index contributed by atoms with van der Waals surface area (Å²) < 4.78 is 22.2. The molecule has 0 saturated carbocycles. The van der Waals surface area contributed by atoms with Gasteiger partial charge in [-0.05, 0) is 12.1 Å². The number of phenols is 1. The Kier molecular flexibility index (Phi) is 5.44. The van der Waals surface area contributed by atoms with Crippen LogP contribution in [0.15, 0.2) is 23.9 Å². The van der Waals surface area contributed by atoms with Gasteiger partial charge in [0.05, 0.1) is 31.5 Å². The number of hydrogen-bond acceptors (Lipinski definition) is 7. The number of carbonyl (C=O) groups excluding carboxylic acids is 2. The molecule has 0 aliphatic heterocycles. The van der Waals surface area contributed by atoms with Gasteiger partial charge in [-0.2, -0.15) is 0 Å². The number of aromatic hydroxyl groups is 1. The first-order valence-corrected chi connectivity index (χ1v) is 5.71. The Morgan fingerprint density at radius 3 is 2.36 bits per heavy atom. The standard InChI is InChI=1S/C13H12FNO7/c1-21-10(16)5-9(13(20)22-2)15-8-4-6(12(18)19)3-7(14)11(8)17/h3-5,15,17H,1-2H3,(H,18,19)/b9-5+. The van der Waals surface area contributed by atoms with Gasteiger partial charge in [0.2, 0.25) is 0 Å². The third-order valence-electron chi connectivity index (χ3n) is 2.45. The molecule has 1 rings (SSSR count). The van der Waals surface area contributed by atoms with E-state index in [-0.39, 0.29) is 0 Å². The number of hydrogen-bond donors (Lipinski definition) is 3. The van der Waals surface area contributed by atoms with Gasteiger partial charge in [-0.25, -0.2) is 18.8 Å². The van der Waals surface area contributed by atoms with Gasteiger partial charge in [0.15, 0.2) is 11.6 Å². The van der Waals surface area contributed by atoms with Crippen molar-refractivity contribution in [3.8, 4) is 5.75 Å². The number of carboxylic acid groups (broad SMARTS) is 1. The minimum absolute atomic E-state index is 0.432. The lowest BCUT2D eigenvalue weighted by Crippen LogP contribution is -2.16. The van der Waals surface area contributed by atoms with E-state index in [1.807, 2.05) is 0 Å². The number of rotatable bonds is 5. The second-order valence-corrected chi connectivity index (χ2v) is 3.86. The fourth-order valence-corrected chi connectivity index (χ4v) is 1.40. The molecule has 118 valence electrons. The van der Waals surface area contributed by atoms with E-state index in [4.69, 9.17) is 5.11 Å². The van der Waals surface area contributed by atoms with E-state index in [2.05, 4.69) is 14.8 Å². The third-order valence-corrected chi connectivity index (χ3v) is 2.45. The minimum Gasteiger partial charge on any atom is -0.503 e. The van der Waals surface area contributed by atoms with Gasteiger partial charge in [-0.3, -0.25) is 0 Å². The zero-order chi connectivity index (χ0) is 16.9. The zero-order valence-electron chi connectivity index (χ0n) is 11.5. The molecule has 9 heteroatoms. The van der Waals surface area contributed by atoms with Gasteiger partial charge >= 0.3 is 17.9 Å². The Morgan fingerprint density at radius 2 is 1.86 bits per heavy atom. The number of esters is 2. The van der Waals surface area contributed by atoms with Gasteiger partial charge in [-0.15, -0.1) is 0 Å². The number of ether oxygens (including phenoxy) is 2. The lowest BCUT2D eigenvalue weighted by Gasteiger charge is -2.11. The molecule has 1 aromatic rings. The second-order valence-electron chi connectivity index (χ2n) is 3.86.